The molecule has 0 aliphatic carbocycles. The van der Waals surface area contributed by atoms with Crippen LogP contribution in [0.4, 0.5) is 9.93 Å². The molecule has 0 unspecified atom stereocenters. The lowest BCUT2D eigenvalue weighted by molar-refractivity contribution is 0.250. The Morgan fingerprint density at radius 2 is 1.80 bits per heavy atom. The number of hydrogen-bond donors (Lipinski definition) is 2. The van der Waals surface area contributed by atoms with Gasteiger partial charge in [-0.1, -0.05) is 11.3 Å². The van der Waals surface area contributed by atoms with E-state index >= 15 is 0 Å². The third kappa shape index (κ3) is 2.46. The Hall–Kier alpha value is -1.73. The lowest BCUT2D eigenvalue weighted by atomic mass is 10.3. The molecule has 20 heavy (non-hydrogen) atoms. The van der Waals surface area contributed by atoms with Gasteiger partial charge in [0, 0.05) is 6.04 Å². The van der Waals surface area contributed by atoms with Gasteiger partial charge >= 0.3 is 6.03 Å². The highest BCUT2D eigenvalue weighted by Crippen LogP contribution is 2.35. The monoisotopic (exact) mass is 306 g/mol. The van der Waals surface area contributed by atoms with E-state index in [1.54, 1.807) is 11.3 Å². The van der Waals surface area contributed by atoms with Crippen molar-refractivity contribution < 1.29 is 4.79 Å². The van der Waals surface area contributed by atoms with Gasteiger partial charge in [0.25, 0.3) is 0 Å². The quantitative estimate of drug-likeness (QED) is 0.758. The average molecular weight is 306 g/mol. The summed E-state index contributed by atoms with van der Waals surface area (Å²) in [4.78, 5) is 20.6. The molecule has 2 N–H and O–H groups in total. The lowest BCUT2D eigenvalue weighted by Crippen LogP contribution is -2.34. The molecule has 0 bridgehead atoms. The van der Waals surface area contributed by atoms with Crippen LogP contribution in [-0.4, -0.2) is 22.0 Å². The first-order valence-electron chi connectivity index (χ1n) is 6.27. The maximum Gasteiger partial charge on any atom is 0.321 e. The number of amides is 2. The topological polar surface area (TPSA) is 66.9 Å². The highest BCUT2D eigenvalue weighted by atomic mass is 32.1. The van der Waals surface area contributed by atoms with Crippen LogP contribution in [0.15, 0.2) is 12.1 Å². The molecule has 2 heterocycles. The third-order valence-electron chi connectivity index (χ3n) is 2.66. The zero-order valence-electron chi connectivity index (χ0n) is 11.4. The molecule has 0 saturated carbocycles. The number of thiazole rings is 2. The Morgan fingerprint density at radius 1 is 1.15 bits per heavy atom. The van der Waals surface area contributed by atoms with E-state index in [1.807, 2.05) is 32.9 Å². The van der Waals surface area contributed by atoms with Gasteiger partial charge in [-0.25, -0.2) is 14.8 Å². The molecule has 0 aliphatic rings. The number of aryl methyl sites for hydroxylation is 1. The Kier molecular flexibility index (Phi) is 3.31. The number of benzene rings is 1. The van der Waals surface area contributed by atoms with Crippen LogP contribution < -0.4 is 10.6 Å². The van der Waals surface area contributed by atoms with E-state index in [-0.39, 0.29) is 12.1 Å². The van der Waals surface area contributed by atoms with E-state index < -0.39 is 0 Å². The Labute approximate surface area is 124 Å². The summed E-state index contributed by atoms with van der Waals surface area (Å²) in [5, 5.41) is 7.20. The molecule has 3 rings (SSSR count). The second kappa shape index (κ2) is 4.99. The molecule has 7 heteroatoms. The smallest absolute Gasteiger partial charge is 0.321 e. The van der Waals surface area contributed by atoms with Crippen LogP contribution in [0.1, 0.15) is 18.9 Å². The maximum atomic E-state index is 11.7. The fourth-order valence-corrected chi connectivity index (χ4v) is 3.93. The molecule has 1 aromatic carbocycles. The summed E-state index contributed by atoms with van der Waals surface area (Å²) in [7, 11) is 0. The van der Waals surface area contributed by atoms with Crippen LogP contribution in [0.3, 0.4) is 0 Å². The molecular weight excluding hydrogens is 292 g/mol. The molecule has 0 fully saturated rings. The summed E-state index contributed by atoms with van der Waals surface area (Å²) in [6.45, 7) is 5.83. The second-order valence-electron chi connectivity index (χ2n) is 4.77. The molecule has 0 saturated heterocycles. The summed E-state index contributed by atoms with van der Waals surface area (Å²) >= 11 is 3.14. The standard InChI is InChI=1S/C13H14N4OS2/c1-6(2)14-12(18)17-13-16-9-5-4-8-10(11(9)20-13)19-7(3)15-8/h4-6H,1-3H3,(H2,14,16,17,18). The van der Waals surface area contributed by atoms with Crippen molar-refractivity contribution in [1.82, 2.24) is 15.3 Å². The summed E-state index contributed by atoms with van der Waals surface area (Å²) in [6, 6.07) is 3.79. The van der Waals surface area contributed by atoms with Crippen LogP contribution in [0, 0.1) is 6.92 Å². The normalized spacial score (nSPS) is 11.4. The average Bonchev–Trinajstić information content (AvgIpc) is 2.88. The predicted molar refractivity (Wildman–Crippen MR) is 84.8 cm³/mol. The zero-order valence-corrected chi connectivity index (χ0v) is 13.0. The molecule has 2 aromatic heterocycles. The number of nitrogens with zero attached hydrogens (tertiary/aromatic N) is 2. The molecular formula is C13H14N4OS2. The number of carbonyl (C=O) groups excluding carboxylic acids is 1. The first kappa shape index (κ1) is 13.3. The molecule has 2 amide bonds. The van der Waals surface area contributed by atoms with E-state index in [2.05, 4.69) is 20.6 Å². The van der Waals surface area contributed by atoms with E-state index in [9.17, 15) is 4.79 Å². The van der Waals surface area contributed by atoms with Crippen molar-refractivity contribution in [3.63, 3.8) is 0 Å². The number of nitrogens with one attached hydrogen (secondary N) is 2. The van der Waals surface area contributed by atoms with Gasteiger partial charge in [0.1, 0.15) is 0 Å². The summed E-state index contributed by atoms with van der Waals surface area (Å²) in [6.07, 6.45) is 0. The molecule has 3 aromatic rings. The minimum Gasteiger partial charge on any atom is -0.336 e. The van der Waals surface area contributed by atoms with E-state index in [0.717, 1.165) is 25.4 Å². The predicted octanol–water partition coefficient (Wildman–Crippen LogP) is 3.74. The van der Waals surface area contributed by atoms with Crippen molar-refractivity contribution in [3.8, 4) is 0 Å². The largest absolute Gasteiger partial charge is 0.336 e. The highest BCUT2D eigenvalue weighted by Gasteiger charge is 2.12. The van der Waals surface area contributed by atoms with Crippen LogP contribution in [0.25, 0.3) is 20.4 Å². The van der Waals surface area contributed by atoms with Gasteiger partial charge in [-0.3, -0.25) is 5.32 Å². The first-order valence-corrected chi connectivity index (χ1v) is 7.90. The van der Waals surface area contributed by atoms with E-state index in [4.69, 9.17) is 0 Å². The number of anilines is 1. The maximum absolute atomic E-state index is 11.7. The van der Waals surface area contributed by atoms with Crippen molar-refractivity contribution in [3.05, 3.63) is 17.1 Å². The lowest BCUT2D eigenvalue weighted by Gasteiger charge is -2.07. The number of urea groups is 1. The second-order valence-corrected chi connectivity index (χ2v) is 6.97. The highest BCUT2D eigenvalue weighted by molar-refractivity contribution is 7.28. The van der Waals surface area contributed by atoms with Gasteiger partial charge in [-0.05, 0) is 32.9 Å². The summed E-state index contributed by atoms with van der Waals surface area (Å²) in [5.74, 6) is 0. The molecule has 0 atom stereocenters. The molecule has 104 valence electrons. The number of carbonyl (C=O) groups is 1. The molecule has 0 spiro atoms. The van der Waals surface area contributed by atoms with Gasteiger partial charge in [0.05, 0.1) is 25.4 Å². The van der Waals surface area contributed by atoms with Gasteiger partial charge in [-0.15, -0.1) is 11.3 Å². The van der Waals surface area contributed by atoms with Crippen LogP contribution in [0.5, 0.6) is 0 Å². The Bertz CT molecular complexity index is 790. The van der Waals surface area contributed by atoms with Crippen LogP contribution >= 0.6 is 22.7 Å². The Balaban J connectivity index is 1.98. The van der Waals surface area contributed by atoms with Crippen LogP contribution in [0.2, 0.25) is 0 Å². The van der Waals surface area contributed by atoms with Gasteiger partial charge in [0.15, 0.2) is 5.13 Å². The van der Waals surface area contributed by atoms with Crippen molar-refractivity contribution >= 4 is 54.3 Å². The first-order chi connectivity index (χ1) is 9.52. The number of aromatic nitrogens is 2. The zero-order chi connectivity index (χ0) is 14.3. The number of rotatable bonds is 2. The van der Waals surface area contributed by atoms with E-state index in [1.165, 1.54) is 11.3 Å². The van der Waals surface area contributed by atoms with Gasteiger partial charge in [-0.2, -0.15) is 0 Å². The van der Waals surface area contributed by atoms with Crippen LogP contribution in [-0.2, 0) is 0 Å². The van der Waals surface area contributed by atoms with Crippen molar-refractivity contribution in [2.45, 2.75) is 26.8 Å². The number of hydrogen-bond acceptors (Lipinski definition) is 5. The van der Waals surface area contributed by atoms with Gasteiger partial charge in [0.2, 0.25) is 0 Å². The third-order valence-corrected chi connectivity index (χ3v) is 4.80. The molecule has 5 nitrogen and oxygen atoms in total. The summed E-state index contributed by atoms with van der Waals surface area (Å²) < 4.78 is 2.21. The minimum absolute atomic E-state index is 0.0974. The molecule has 0 aliphatic heterocycles. The molecule has 0 radical (unpaired) electrons. The SMILES string of the molecule is Cc1nc2ccc3nc(NC(=O)NC(C)C)sc3c2s1. The van der Waals surface area contributed by atoms with Crippen molar-refractivity contribution in [2.75, 3.05) is 5.32 Å². The fourth-order valence-electron chi connectivity index (χ4n) is 1.93. The van der Waals surface area contributed by atoms with Gasteiger partial charge < -0.3 is 5.32 Å². The van der Waals surface area contributed by atoms with E-state index in [0.29, 0.717) is 5.13 Å². The number of fused-ring (bicyclic) bond motifs is 3. The van der Waals surface area contributed by atoms with Crippen molar-refractivity contribution in [2.24, 2.45) is 0 Å². The summed E-state index contributed by atoms with van der Waals surface area (Å²) in [5.41, 5.74) is 1.88. The minimum atomic E-state index is -0.226. The fraction of sp³-hybridized carbons (Fsp3) is 0.308. The van der Waals surface area contributed by atoms with Crippen molar-refractivity contribution in [1.29, 1.82) is 0 Å². The Morgan fingerprint density at radius 3 is 2.50 bits per heavy atom.